The van der Waals surface area contributed by atoms with Gasteiger partial charge in [0.1, 0.15) is 0 Å². The van der Waals surface area contributed by atoms with E-state index in [1.807, 2.05) is 20.8 Å². The number of rotatable bonds is 7. The van der Waals surface area contributed by atoms with Gasteiger partial charge in [-0.05, 0) is 38.5 Å². The molecule has 0 aliphatic heterocycles. The highest BCUT2D eigenvalue weighted by atomic mass is 32.2. The molecule has 0 rings (SSSR count). The van der Waals surface area contributed by atoms with E-state index in [0.717, 1.165) is 0 Å². The second-order valence-corrected chi connectivity index (χ2v) is 7.78. The van der Waals surface area contributed by atoms with Crippen LogP contribution in [-0.4, -0.2) is 30.6 Å². The second-order valence-electron chi connectivity index (χ2n) is 5.18. The molecular weight excluding hydrogens is 224 g/mol. The summed E-state index contributed by atoms with van der Waals surface area (Å²) in [5.74, 6) is 0.538. The fraction of sp³-hybridized carbons (Fsp3) is 1.00. The third kappa shape index (κ3) is 5.30. The van der Waals surface area contributed by atoms with E-state index in [2.05, 4.69) is 0 Å². The van der Waals surface area contributed by atoms with Crippen molar-refractivity contribution in [3.05, 3.63) is 0 Å². The summed E-state index contributed by atoms with van der Waals surface area (Å²) in [6.45, 7) is 9.37. The minimum absolute atomic E-state index is 0.0577. The molecule has 98 valence electrons. The summed E-state index contributed by atoms with van der Waals surface area (Å²) in [7, 11) is -3.01. The van der Waals surface area contributed by atoms with E-state index in [-0.39, 0.29) is 28.9 Å². The van der Waals surface area contributed by atoms with Gasteiger partial charge in [-0.2, -0.15) is 0 Å². The first-order valence-electron chi connectivity index (χ1n) is 6.10. The fourth-order valence-electron chi connectivity index (χ4n) is 1.54. The Labute approximate surface area is 100 Å². The molecule has 0 fully saturated rings. The first-order valence-corrected chi connectivity index (χ1v) is 7.81. The number of sulfone groups is 1. The summed E-state index contributed by atoms with van der Waals surface area (Å²) in [5, 5.41) is 9.29. The molecule has 3 nitrogen and oxygen atoms in total. The van der Waals surface area contributed by atoms with Gasteiger partial charge in [-0.15, -0.1) is 0 Å². The van der Waals surface area contributed by atoms with Gasteiger partial charge in [0.25, 0.3) is 0 Å². The van der Waals surface area contributed by atoms with Crippen LogP contribution in [0.3, 0.4) is 0 Å². The monoisotopic (exact) mass is 250 g/mol. The highest BCUT2D eigenvalue weighted by Gasteiger charge is 2.26. The van der Waals surface area contributed by atoms with E-state index in [0.29, 0.717) is 12.8 Å². The quantitative estimate of drug-likeness (QED) is 0.754. The molecule has 0 saturated heterocycles. The normalized spacial score (nSPS) is 16.8. The van der Waals surface area contributed by atoms with Crippen molar-refractivity contribution in [2.45, 2.75) is 58.8 Å². The molecular formula is C12H26O3S. The van der Waals surface area contributed by atoms with Crippen LogP contribution in [0.1, 0.15) is 47.5 Å². The molecule has 0 aromatic carbocycles. The van der Waals surface area contributed by atoms with E-state index in [9.17, 15) is 13.5 Å². The highest BCUT2D eigenvalue weighted by molar-refractivity contribution is 7.91. The zero-order valence-electron chi connectivity index (χ0n) is 11.1. The molecule has 0 spiro atoms. The smallest absolute Gasteiger partial charge is 0.152 e. The van der Waals surface area contributed by atoms with Crippen molar-refractivity contribution in [3.63, 3.8) is 0 Å². The Morgan fingerprint density at radius 3 is 1.94 bits per heavy atom. The molecule has 0 aliphatic rings. The van der Waals surface area contributed by atoms with E-state index < -0.39 is 9.84 Å². The average molecular weight is 250 g/mol. The van der Waals surface area contributed by atoms with Crippen molar-refractivity contribution in [1.82, 2.24) is 0 Å². The summed E-state index contributed by atoms with van der Waals surface area (Å²) in [6, 6.07) is 0. The van der Waals surface area contributed by atoms with Gasteiger partial charge in [0.2, 0.25) is 0 Å². The van der Waals surface area contributed by atoms with Gasteiger partial charge in [-0.1, -0.05) is 20.8 Å². The van der Waals surface area contributed by atoms with Crippen LogP contribution in [0.2, 0.25) is 0 Å². The molecule has 4 heteroatoms. The Hall–Kier alpha value is -0.0900. The minimum atomic E-state index is -3.01. The summed E-state index contributed by atoms with van der Waals surface area (Å²) in [4.78, 5) is 0. The topological polar surface area (TPSA) is 54.4 Å². The van der Waals surface area contributed by atoms with Crippen LogP contribution >= 0.6 is 0 Å². The van der Waals surface area contributed by atoms with Gasteiger partial charge in [0.15, 0.2) is 9.84 Å². The molecule has 0 saturated carbocycles. The maximum atomic E-state index is 11.8. The predicted octanol–water partition coefficient (Wildman–Crippen LogP) is 2.24. The first kappa shape index (κ1) is 15.9. The number of aliphatic hydroxyl groups is 1. The van der Waals surface area contributed by atoms with Gasteiger partial charge in [0.05, 0.1) is 17.1 Å². The molecule has 0 amide bonds. The molecule has 0 radical (unpaired) electrons. The number of hydrogen-bond acceptors (Lipinski definition) is 3. The molecule has 1 N–H and O–H groups in total. The van der Waals surface area contributed by atoms with Gasteiger partial charge in [0, 0.05) is 0 Å². The molecule has 0 heterocycles. The van der Waals surface area contributed by atoms with Crippen LogP contribution in [0.5, 0.6) is 0 Å². The van der Waals surface area contributed by atoms with Crippen molar-refractivity contribution >= 4 is 9.84 Å². The lowest BCUT2D eigenvalue weighted by molar-refractivity contribution is 0.131. The van der Waals surface area contributed by atoms with Crippen LogP contribution in [0.15, 0.2) is 0 Å². The third-order valence-electron chi connectivity index (χ3n) is 3.15. The SMILES string of the molecule is CCC(O)CC(CS(=O)(=O)C(C)C)C(C)C. The average Bonchev–Trinajstić information content (AvgIpc) is 2.15. The number of hydrogen-bond donors (Lipinski definition) is 1. The van der Waals surface area contributed by atoms with E-state index in [1.165, 1.54) is 0 Å². The van der Waals surface area contributed by atoms with Crippen molar-refractivity contribution in [2.75, 3.05) is 5.75 Å². The van der Waals surface area contributed by atoms with Crippen LogP contribution < -0.4 is 0 Å². The first-order chi connectivity index (χ1) is 7.20. The standard InChI is InChI=1S/C12H26O3S/c1-6-12(13)7-11(9(2)3)8-16(14,15)10(4)5/h9-13H,6-8H2,1-5H3. The molecule has 0 aromatic rings. The van der Waals surface area contributed by atoms with Crippen LogP contribution in [0.25, 0.3) is 0 Å². The molecule has 0 bridgehead atoms. The highest BCUT2D eigenvalue weighted by Crippen LogP contribution is 2.22. The predicted molar refractivity (Wildman–Crippen MR) is 68.2 cm³/mol. The van der Waals surface area contributed by atoms with Gasteiger partial charge in [-0.3, -0.25) is 0 Å². The Kier molecular flexibility index (Phi) is 6.56. The summed E-state index contributed by atoms with van der Waals surface area (Å²) >= 11 is 0. The van der Waals surface area contributed by atoms with Crippen molar-refractivity contribution in [3.8, 4) is 0 Å². The van der Waals surface area contributed by atoms with Gasteiger partial charge < -0.3 is 5.11 Å². The van der Waals surface area contributed by atoms with Crippen LogP contribution in [0.4, 0.5) is 0 Å². The largest absolute Gasteiger partial charge is 0.393 e. The summed E-state index contributed by atoms with van der Waals surface area (Å²) < 4.78 is 23.7. The zero-order valence-corrected chi connectivity index (χ0v) is 11.9. The fourth-order valence-corrected chi connectivity index (χ4v) is 3.04. The molecule has 2 atom stereocenters. The lowest BCUT2D eigenvalue weighted by atomic mass is 9.91. The lowest BCUT2D eigenvalue weighted by Gasteiger charge is -2.24. The van der Waals surface area contributed by atoms with E-state index in [4.69, 9.17) is 0 Å². The maximum Gasteiger partial charge on any atom is 0.152 e. The van der Waals surface area contributed by atoms with Crippen molar-refractivity contribution in [1.29, 1.82) is 0 Å². The summed E-state index contributed by atoms with van der Waals surface area (Å²) in [5.41, 5.74) is 0. The van der Waals surface area contributed by atoms with Crippen LogP contribution in [-0.2, 0) is 9.84 Å². The summed E-state index contributed by atoms with van der Waals surface area (Å²) in [6.07, 6.45) is 0.889. The van der Waals surface area contributed by atoms with E-state index in [1.54, 1.807) is 13.8 Å². The van der Waals surface area contributed by atoms with E-state index >= 15 is 0 Å². The van der Waals surface area contributed by atoms with Crippen molar-refractivity contribution < 1.29 is 13.5 Å². The minimum Gasteiger partial charge on any atom is -0.393 e. The molecule has 0 aliphatic carbocycles. The molecule has 16 heavy (non-hydrogen) atoms. The second kappa shape index (κ2) is 6.60. The van der Waals surface area contributed by atoms with Crippen LogP contribution in [0, 0.1) is 11.8 Å². The van der Waals surface area contributed by atoms with Gasteiger partial charge in [-0.25, -0.2) is 8.42 Å². The Morgan fingerprint density at radius 2 is 1.62 bits per heavy atom. The lowest BCUT2D eigenvalue weighted by Crippen LogP contribution is -2.29. The van der Waals surface area contributed by atoms with Crippen molar-refractivity contribution in [2.24, 2.45) is 11.8 Å². The zero-order chi connectivity index (χ0) is 12.9. The molecule has 0 aromatic heterocycles. The molecule has 2 unspecified atom stereocenters. The Bertz CT molecular complexity index is 281. The van der Waals surface area contributed by atoms with Gasteiger partial charge >= 0.3 is 0 Å². The Morgan fingerprint density at radius 1 is 1.12 bits per heavy atom. The maximum absolute atomic E-state index is 11.8. The third-order valence-corrected chi connectivity index (χ3v) is 5.48. The Balaban J connectivity index is 4.58. The number of aliphatic hydroxyl groups excluding tert-OH is 1.